The van der Waals surface area contributed by atoms with Crippen molar-refractivity contribution >= 4 is 11.9 Å². The maximum absolute atomic E-state index is 10.6. The molecule has 0 unspecified atom stereocenters. The van der Waals surface area contributed by atoms with Gasteiger partial charge in [0, 0.05) is 5.56 Å². The minimum atomic E-state index is -1.35. The Bertz CT molecular complexity index is 695. The number of aromatic nitrogens is 2. The summed E-state index contributed by atoms with van der Waals surface area (Å²) in [6.07, 6.45) is -1.35. The van der Waals surface area contributed by atoms with Crippen LogP contribution in [0.5, 0.6) is 0 Å². The quantitative estimate of drug-likeness (QED) is 0.643. The maximum atomic E-state index is 10.6. The van der Waals surface area contributed by atoms with Crippen LogP contribution in [0.4, 0.5) is 4.79 Å². The molecule has 102 valence electrons. The topological polar surface area (TPSA) is 101 Å². The van der Waals surface area contributed by atoms with E-state index in [9.17, 15) is 4.79 Å². The predicted molar refractivity (Wildman–Crippen MR) is 75.7 cm³/mol. The molecule has 6 nitrogen and oxygen atoms in total. The molecule has 1 amide bonds. The zero-order chi connectivity index (χ0) is 14.7. The number of benzene rings is 1. The standard InChI is InChI=1S/C14H14N4O2/c1-8-5-3-4-6-10(8)11-7-12(17-9(2)16-11)13(15)18-14(19)20/h3-7H,1-2H3,(H2,15,18)(H,19,20). The molecule has 1 aromatic carbocycles. The van der Waals surface area contributed by atoms with Gasteiger partial charge >= 0.3 is 6.09 Å². The van der Waals surface area contributed by atoms with E-state index in [2.05, 4.69) is 15.0 Å². The molecule has 0 aliphatic rings. The van der Waals surface area contributed by atoms with E-state index in [0.717, 1.165) is 11.1 Å². The van der Waals surface area contributed by atoms with Crippen LogP contribution in [0, 0.1) is 13.8 Å². The lowest BCUT2D eigenvalue weighted by atomic mass is 10.0. The monoisotopic (exact) mass is 270 g/mol. The second-order valence-electron chi connectivity index (χ2n) is 4.28. The average Bonchev–Trinajstić information content (AvgIpc) is 2.37. The van der Waals surface area contributed by atoms with Gasteiger partial charge in [-0.25, -0.2) is 14.8 Å². The number of carbonyl (C=O) groups is 1. The number of aliphatic imine (C=N–C) groups is 1. The highest BCUT2D eigenvalue weighted by Crippen LogP contribution is 2.21. The van der Waals surface area contributed by atoms with Crippen molar-refractivity contribution in [3.63, 3.8) is 0 Å². The van der Waals surface area contributed by atoms with Crippen molar-refractivity contribution < 1.29 is 9.90 Å². The summed E-state index contributed by atoms with van der Waals surface area (Å²) in [5.41, 5.74) is 8.63. The van der Waals surface area contributed by atoms with Crippen LogP contribution in [0.15, 0.2) is 35.3 Å². The van der Waals surface area contributed by atoms with E-state index in [-0.39, 0.29) is 5.84 Å². The van der Waals surface area contributed by atoms with Crippen LogP contribution in [0.25, 0.3) is 11.3 Å². The highest BCUT2D eigenvalue weighted by molar-refractivity contribution is 6.01. The molecule has 0 bridgehead atoms. The average molecular weight is 270 g/mol. The van der Waals surface area contributed by atoms with Gasteiger partial charge in [-0.15, -0.1) is 0 Å². The number of hydrogen-bond donors (Lipinski definition) is 2. The predicted octanol–water partition coefficient (Wildman–Crippen LogP) is 2.14. The Kier molecular flexibility index (Phi) is 3.74. The third-order valence-corrected chi connectivity index (χ3v) is 2.74. The van der Waals surface area contributed by atoms with E-state index >= 15 is 0 Å². The normalized spacial score (nSPS) is 11.4. The minimum Gasteiger partial charge on any atom is -0.463 e. The fraction of sp³-hybridized carbons (Fsp3) is 0.143. The van der Waals surface area contributed by atoms with Gasteiger partial charge in [-0.2, -0.15) is 4.99 Å². The van der Waals surface area contributed by atoms with Gasteiger partial charge in [-0.3, -0.25) is 0 Å². The van der Waals surface area contributed by atoms with Crippen molar-refractivity contribution in [3.05, 3.63) is 47.4 Å². The molecule has 0 fully saturated rings. The summed E-state index contributed by atoms with van der Waals surface area (Å²) in [5, 5.41) is 8.63. The van der Waals surface area contributed by atoms with Crippen LogP contribution in [-0.2, 0) is 0 Å². The molecule has 0 saturated heterocycles. The third kappa shape index (κ3) is 2.97. The molecule has 3 N–H and O–H groups in total. The van der Waals surface area contributed by atoms with E-state index in [0.29, 0.717) is 17.2 Å². The molecule has 0 aliphatic heterocycles. The van der Waals surface area contributed by atoms with Crippen molar-refractivity contribution in [1.82, 2.24) is 9.97 Å². The lowest BCUT2D eigenvalue weighted by Crippen LogP contribution is -2.18. The molecule has 0 atom stereocenters. The molecular formula is C14H14N4O2. The van der Waals surface area contributed by atoms with Crippen LogP contribution in [0.2, 0.25) is 0 Å². The van der Waals surface area contributed by atoms with Crippen LogP contribution in [0.3, 0.4) is 0 Å². The number of rotatable bonds is 2. The van der Waals surface area contributed by atoms with Gasteiger partial charge in [0.05, 0.1) is 5.69 Å². The maximum Gasteiger partial charge on any atom is 0.433 e. The van der Waals surface area contributed by atoms with Gasteiger partial charge in [0.25, 0.3) is 0 Å². The first-order valence-corrected chi connectivity index (χ1v) is 5.96. The van der Waals surface area contributed by atoms with Crippen molar-refractivity contribution in [3.8, 4) is 11.3 Å². The summed E-state index contributed by atoms with van der Waals surface area (Å²) >= 11 is 0. The highest BCUT2D eigenvalue weighted by atomic mass is 16.4. The Balaban J connectivity index is 2.55. The zero-order valence-electron chi connectivity index (χ0n) is 11.2. The number of nitrogens with two attached hydrogens (primary N) is 1. The summed E-state index contributed by atoms with van der Waals surface area (Å²) in [6, 6.07) is 9.39. The van der Waals surface area contributed by atoms with Gasteiger partial charge in [-0.1, -0.05) is 24.3 Å². The summed E-state index contributed by atoms with van der Waals surface area (Å²) in [5.74, 6) is 0.363. The summed E-state index contributed by atoms with van der Waals surface area (Å²) in [6.45, 7) is 3.69. The van der Waals surface area contributed by atoms with Crippen LogP contribution < -0.4 is 5.73 Å². The van der Waals surface area contributed by atoms with Gasteiger partial charge in [0.2, 0.25) is 0 Å². The highest BCUT2D eigenvalue weighted by Gasteiger charge is 2.10. The van der Waals surface area contributed by atoms with Crippen molar-refractivity contribution in [2.75, 3.05) is 0 Å². The van der Waals surface area contributed by atoms with Crippen LogP contribution in [0.1, 0.15) is 17.1 Å². The van der Waals surface area contributed by atoms with Crippen molar-refractivity contribution in [2.45, 2.75) is 13.8 Å². The molecule has 2 rings (SSSR count). The number of aryl methyl sites for hydroxylation is 2. The second-order valence-corrected chi connectivity index (χ2v) is 4.28. The van der Waals surface area contributed by atoms with Gasteiger partial charge in [-0.05, 0) is 25.5 Å². The summed E-state index contributed by atoms with van der Waals surface area (Å²) in [4.78, 5) is 22.3. The number of hydrogen-bond acceptors (Lipinski definition) is 3. The van der Waals surface area contributed by atoms with E-state index < -0.39 is 6.09 Å². The lowest BCUT2D eigenvalue weighted by Gasteiger charge is -2.08. The number of amidine groups is 1. The fourth-order valence-corrected chi connectivity index (χ4v) is 1.86. The molecule has 1 aromatic heterocycles. The molecule has 0 saturated carbocycles. The number of amides is 1. The smallest absolute Gasteiger partial charge is 0.433 e. The molecule has 6 heteroatoms. The summed E-state index contributed by atoms with van der Waals surface area (Å²) < 4.78 is 0. The molecule has 20 heavy (non-hydrogen) atoms. The number of nitrogens with zero attached hydrogens (tertiary/aromatic N) is 3. The van der Waals surface area contributed by atoms with Crippen LogP contribution in [-0.4, -0.2) is 27.0 Å². The Morgan fingerprint density at radius 3 is 2.60 bits per heavy atom. The Morgan fingerprint density at radius 2 is 1.95 bits per heavy atom. The van der Waals surface area contributed by atoms with Gasteiger partial charge < -0.3 is 10.8 Å². The molecule has 0 aliphatic carbocycles. The Labute approximate surface area is 116 Å². The number of carboxylic acid groups (broad SMARTS) is 1. The van der Waals surface area contributed by atoms with E-state index in [1.807, 2.05) is 31.2 Å². The zero-order valence-corrected chi connectivity index (χ0v) is 11.2. The van der Waals surface area contributed by atoms with E-state index in [1.165, 1.54) is 0 Å². The molecule has 0 spiro atoms. The van der Waals surface area contributed by atoms with Crippen LogP contribution >= 0.6 is 0 Å². The SMILES string of the molecule is Cc1nc(C(N)=NC(=O)O)cc(-c2ccccc2C)n1. The first-order valence-electron chi connectivity index (χ1n) is 5.96. The third-order valence-electron chi connectivity index (χ3n) is 2.74. The lowest BCUT2D eigenvalue weighted by molar-refractivity contribution is 0.205. The Morgan fingerprint density at radius 1 is 1.25 bits per heavy atom. The van der Waals surface area contributed by atoms with E-state index in [4.69, 9.17) is 10.8 Å². The largest absolute Gasteiger partial charge is 0.463 e. The Hall–Kier alpha value is -2.76. The second kappa shape index (κ2) is 5.48. The molecular weight excluding hydrogens is 256 g/mol. The molecule has 0 radical (unpaired) electrons. The first kappa shape index (κ1) is 13.7. The van der Waals surface area contributed by atoms with Gasteiger partial charge in [0.1, 0.15) is 11.5 Å². The van der Waals surface area contributed by atoms with Crippen molar-refractivity contribution in [2.24, 2.45) is 10.7 Å². The van der Waals surface area contributed by atoms with Gasteiger partial charge in [0.15, 0.2) is 5.84 Å². The minimum absolute atomic E-state index is 0.141. The fourth-order valence-electron chi connectivity index (χ4n) is 1.86. The van der Waals surface area contributed by atoms with E-state index in [1.54, 1.807) is 13.0 Å². The molecule has 1 heterocycles. The molecule has 2 aromatic rings. The first-order chi connectivity index (χ1) is 9.47. The summed E-state index contributed by atoms with van der Waals surface area (Å²) in [7, 11) is 0. The van der Waals surface area contributed by atoms with Crippen molar-refractivity contribution in [1.29, 1.82) is 0 Å².